The van der Waals surface area contributed by atoms with Gasteiger partial charge in [0.15, 0.2) is 0 Å². The van der Waals surface area contributed by atoms with Crippen LogP contribution in [0.4, 0.5) is 5.69 Å². The molecular formula is C18H19N3. The van der Waals surface area contributed by atoms with Crippen molar-refractivity contribution >= 4 is 5.69 Å². The molecule has 21 heavy (non-hydrogen) atoms. The van der Waals surface area contributed by atoms with Gasteiger partial charge in [-0.25, -0.2) is 4.98 Å². The Morgan fingerprint density at radius 3 is 2.57 bits per heavy atom. The number of anilines is 1. The van der Waals surface area contributed by atoms with E-state index in [2.05, 4.69) is 70.3 Å². The highest BCUT2D eigenvalue weighted by Gasteiger charge is 2.05. The molecule has 0 unspecified atom stereocenters. The van der Waals surface area contributed by atoms with Crippen LogP contribution in [-0.2, 0) is 13.1 Å². The summed E-state index contributed by atoms with van der Waals surface area (Å²) in [5.74, 6) is 0. The SMILES string of the molecule is CCn1cncc1CNc1ccccc1-c1ccccc1. The van der Waals surface area contributed by atoms with E-state index in [-0.39, 0.29) is 0 Å². The lowest BCUT2D eigenvalue weighted by Gasteiger charge is -2.13. The zero-order chi connectivity index (χ0) is 14.5. The van der Waals surface area contributed by atoms with Crippen LogP contribution in [0, 0.1) is 0 Å². The summed E-state index contributed by atoms with van der Waals surface area (Å²) in [6.07, 6.45) is 3.79. The van der Waals surface area contributed by atoms with Crippen molar-refractivity contribution in [1.82, 2.24) is 9.55 Å². The van der Waals surface area contributed by atoms with Crippen molar-refractivity contribution in [3.8, 4) is 11.1 Å². The van der Waals surface area contributed by atoms with Gasteiger partial charge < -0.3 is 9.88 Å². The minimum atomic E-state index is 0.775. The fourth-order valence-electron chi connectivity index (χ4n) is 2.47. The van der Waals surface area contributed by atoms with Crippen LogP contribution in [0.2, 0.25) is 0 Å². The largest absolute Gasteiger partial charge is 0.379 e. The van der Waals surface area contributed by atoms with Crippen molar-refractivity contribution in [2.24, 2.45) is 0 Å². The Morgan fingerprint density at radius 2 is 1.76 bits per heavy atom. The summed E-state index contributed by atoms with van der Waals surface area (Å²) in [6, 6.07) is 18.9. The molecule has 0 aliphatic rings. The van der Waals surface area contributed by atoms with Gasteiger partial charge in [-0.05, 0) is 18.6 Å². The van der Waals surface area contributed by atoms with E-state index < -0.39 is 0 Å². The maximum Gasteiger partial charge on any atom is 0.0948 e. The molecule has 0 bridgehead atoms. The van der Waals surface area contributed by atoms with Crippen LogP contribution in [-0.4, -0.2) is 9.55 Å². The van der Waals surface area contributed by atoms with Crippen LogP contribution in [0.15, 0.2) is 67.1 Å². The van der Waals surface area contributed by atoms with E-state index in [1.165, 1.54) is 16.8 Å². The Morgan fingerprint density at radius 1 is 1.00 bits per heavy atom. The first-order chi connectivity index (χ1) is 10.4. The third kappa shape index (κ3) is 2.97. The maximum absolute atomic E-state index is 4.21. The first-order valence-corrected chi connectivity index (χ1v) is 7.26. The first kappa shape index (κ1) is 13.4. The lowest BCUT2D eigenvalue weighted by atomic mass is 10.0. The number of imidazole rings is 1. The molecule has 3 rings (SSSR count). The molecule has 2 aromatic carbocycles. The highest BCUT2D eigenvalue weighted by molar-refractivity contribution is 5.77. The van der Waals surface area contributed by atoms with Crippen LogP contribution in [0.1, 0.15) is 12.6 Å². The van der Waals surface area contributed by atoms with Gasteiger partial charge in [-0.1, -0.05) is 48.5 Å². The van der Waals surface area contributed by atoms with E-state index in [0.29, 0.717) is 0 Å². The summed E-state index contributed by atoms with van der Waals surface area (Å²) in [4.78, 5) is 4.21. The van der Waals surface area contributed by atoms with Crippen LogP contribution in [0.25, 0.3) is 11.1 Å². The number of nitrogens with one attached hydrogen (secondary N) is 1. The first-order valence-electron chi connectivity index (χ1n) is 7.26. The van der Waals surface area contributed by atoms with Gasteiger partial charge in [0, 0.05) is 24.0 Å². The molecule has 0 amide bonds. The quantitative estimate of drug-likeness (QED) is 0.758. The summed E-state index contributed by atoms with van der Waals surface area (Å²) in [5.41, 5.74) is 4.79. The van der Waals surface area contributed by atoms with Gasteiger partial charge in [0.25, 0.3) is 0 Å². The molecule has 3 nitrogen and oxygen atoms in total. The van der Waals surface area contributed by atoms with E-state index in [0.717, 1.165) is 18.8 Å². The summed E-state index contributed by atoms with van der Waals surface area (Å²) in [5, 5.41) is 3.53. The Balaban J connectivity index is 1.83. The maximum atomic E-state index is 4.21. The average Bonchev–Trinajstić information content (AvgIpc) is 3.01. The summed E-state index contributed by atoms with van der Waals surface area (Å²) in [6.45, 7) is 3.85. The lowest BCUT2D eigenvalue weighted by Crippen LogP contribution is -2.06. The predicted octanol–water partition coefficient (Wildman–Crippen LogP) is 4.18. The van der Waals surface area contributed by atoms with Gasteiger partial charge in [0.2, 0.25) is 0 Å². The van der Waals surface area contributed by atoms with E-state index in [4.69, 9.17) is 0 Å². The number of nitrogens with zero attached hydrogens (tertiary/aromatic N) is 2. The van der Waals surface area contributed by atoms with Crippen molar-refractivity contribution < 1.29 is 0 Å². The van der Waals surface area contributed by atoms with Crippen LogP contribution in [0.5, 0.6) is 0 Å². The second kappa shape index (κ2) is 6.27. The van der Waals surface area contributed by atoms with Gasteiger partial charge in [-0.3, -0.25) is 0 Å². The molecule has 106 valence electrons. The predicted molar refractivity (Wildman–Crippen MR) is 87.1 cm³/mol. The number of hydrogen-bond acceptors (Lipinski definition) is 2. The molecule has 1 aromatic heterocycles. The molecule has 0 aliphatic heterocycles. The lowest BCUT2D eigenvalue weighted by molar-refractivity contribution is 0.720. The number of aryl methyl sites for hydroxylation is 1. The zero-order valence-corrected chi connectivity index (χ0v) is 12.2. The Labute approximate surface area is 125 Å². The Hall–Kier alpha value is -2.55. The molecule has 3 aromatic rings. The van der Waals surface area contributed by atoms with Gasteiger partial charge in [-0.15, -0.1) is 0 Å². The summed E-state index contributed by atoms with van der Waals surface area (Å²) in [7, 11) is 0. The highest BCUT2D eigenvalue weighted by Crippen LogP contribution is 2.27. The van der Waals surface area contributed by atoms with Crippen LogP contribution in [0.3, 0.4) is 0 Å². The Bertz CT molecular complexity index is 701. The molecule has 0 fully saturated rings. The van der Waals surface area contributed by atoms with Gasteiger partial charge in [-0.2, -0.15) is 0 Å². The number of benzene rings is 2. The van der Waals surface area contributed by atoms with Gasteiger partial charge in [0.05, 0.1) is 18.6 Å². The molecule has 1 heterocycles. The van der Waals surface area contributed by atoms with Crippen LogP contribution >= 0.6 is 0 Å². The minimum Gasteiger partial charge on any atom is -0.379 e. The smallest absolute Gasteiger partial charge is 0.0948 e. The van der Waals surface area contributed by atoms with E-state index in [1.807, 2.05) is 18.6 Å². The number of hydrogen-bond donors (Lipinski definition) is 1. The number of aromatic nitrogens is 2. The fourth-order valence-corrected chi connectivity index (χ4v) is 2.47. The Kier molecular flexibility index (Phi) is 4.01. The molecule has 0 aliphatic carbocycles. The van der Waals surface area contributed by atoms with Crippen molar-refractivity contribution in [3.05, 3.63) is 72.8 Å². The summed E-state index contributed by atoms with van der Waals surface area (Å²) >= 11 is 0. The van der Waals surface area contributed by atoms with E-state index in [9.17, 15) is 0 Å². The van der Waals surface area contributed by atoms with Gasteiger partial charge in [0.1, 0.15) is 0 Å². The molecule has 0 radical (unpaired) electrons. The number of rotatable bonds is 5. The van der Waals surface area contributed by atoms with Crippen molar-refractivity contribution in [1.29, 1.82) is 0 Å². The fraction of sp³-hybridized carbons (Fsp3) is 0.167. The normalized spacial score (nSPS) is 10.5. The van der Waals surface area contributed by atoms with E-state index in [1.54, 1.807) is 0 Å². The molecule has 0 atom stereocenters. The second-order valence-corrected chi connectivity index (χ2v) is 4.94. The van der Waals surface area contributed by atoms with E-state index >= 15 is 0 Å². The monoisotopic (exact) mass is 277 g/mol. The average molecular weight is 277 g/mol. The van der Waals surface area contributed by atoms with Crippen molar-refractivity contribution in [2.45, 2.75) is 20.0 Å². The number of para-hydroxylation sites is 1. The van der Waals surface area contributed by atoms with Crippen molar-refractivity contribution in [2.75, 3.05) is 5.32 Å². The third-order valence-electron chi connectivity index (χ3n) is 3.61. The molecule has 1 N–H and O–H groups in total. The zero-order valence-electron chi connectivity index (χ0n) is 12.2. The summed E-state index contributed by atoms with van der Waals surface area (Å²) < 4.78 is 2.15. The second-order valence-electron chi connectivity index (χ2n) is 4.94. The minimum absolute atomic E-state index is 0.775. The van der Waals surface area contributed by atoms with Crippen molar-refractivity contribution in [3.63, 3.8) is 0 Å². The van der Waals surface area contributed by atoms with Gasteiger partial charge >= 0.3 is 0 Å². The highest BCUT2D eigenvalue weighted by atomic mass is 15.1. The topological polar surface area (TPSA) is 29.9 Å². The third-order valence-corrected chi connectivity index (χ3v) is 3.61. The molecule has 0 saturated carbocycles. The molecule has 0 spiro atoms. The molecule has 3 heteroatoms. The molecular weight excluding hydrogens is 258 g/mol. The van der Waals surface area contributed by atoms with Crippen LogP contribution < -0.4 is 5.32 Å². The molecule has 0 saturated heterocycles. The standard InChI is InChI=1S/C18H19N3/c1-2-21-14-19-12-16(21)13-20-18-11-7-6-10-17(18)15-8-4-3-5-9-15/h3-12,14,20H,2,13H2,1H3.